The summed E-state index contributed by atoms with van der Waals surface area (Å²) in [5.74, 6) is -0.535. The van der Waals surface area contributed by atoms with Crippen molar-refractivity contribution in [3.05, 3.63) is 29.6 Å². The maximum Gasteiger partial charge on any atom is 0.262 e. The first kappa shape index (κ1) is 18.7. The van der Waals surface area contributed by atoms with E-state index in [2.05, 4.69) is 10.5 Å². The molecule has 2 aromatic rings. The van der Waals surface area contributed by atoms with Gasteiger partial charge in [0.15, 0.2) is 23.1 Å². The minimum Gasteiger partial charge on any atom is -0.494 e. The number of methoxy groups -OCH3 is 1. The lowest BCUT2D eigenvalue weighted by molar-refractivity contribution is -0.121. The van der Waals surface area contributed by atoms with Gasteiger partial charge in [-0.3, -0.25) is 9.59 Å². The Balaban J connectivity index is 2.07. The van der Waals surface area contributed by atoms with Crippen LogP contribution in [0.5, 0.6) is 5.75 Å². The van der Waals surface area contributed by atoms with Crippen molar-refractivity contribution in [2.75, 3.05) is 45.7 Å². The summed E-state index contributed by atoms with van der Waals surface area (Å²) in [4.78, 5) is 28.2. The Labute approximate surface area is 155 Å². The third-order valence-corrected chi connectivity index (χ3v) is 4.27. The fraction of sp³-hybridized carbons (Fsp3) is 0.389. The van der Waals surface area contributed by atoms with E-state index in [1.807, 2.05) is 0 Å². The van der Waals surface area contributed by atoms with Gasteiger partial charge in [-0.25, -0.2) is 4.39 Å². The van der Waals surface area contributed by atoms with Crippen LogP contribution in [0, 0.1) is 5.82 Å². The number of carbonyl (C=O) groups is 2. The molecule has 1 aromatic heterocycles. The van der Waals surface area contributed by atoms with E-state index >= 15 is 0 Å². The van der Waals surface area contributed by atoms with Gasteiger partial charge in [0.25, 0.3) is 5.91 Å². The molecule has 2 heterocycles. The number of benzene rings is 1. The summed E-state index contributed by atoms with van der Waals surface area (Å²) in [6, 6.07) is 4.17. The largest absolute Gasteiger partial charge is 0.494 e. The summed E-state index contributed by atoms with van der Waals surface area (Å²) in [6.07, 6.45) is 0.653. The topological polar surface area (TPSA) is 87.9 Å². The van der Waals surface area contributed by atoms with Crippen molar-refractivity contribution in [2.24, 2.45) is 0 Å². The van der Waals surface area contributed by atoms with Crippen LogP contribution in [-0.2, 0) is 4.79 Å². The molecule has 0 radical (unpaired) electrons. The lowest BCUT2D eigenvalue weighted by Crippen LogP contribution is -2.38. The second-order valence-electron chi connectivity index (χ2n) is 6.38. The summed E-state index contributed by atoms with van der Waals surface area (Å²) >= 11 is 0. The number of nitrogens with zero attached hydrogens (tertiary/aromatic N) is 3. The van der Waals surface area contributed by atoms with Crippen molar-refractivity contribution in [1.82, 2.24) is 15.4 Å². The molecule has 1 aliphatic heterocycles. The zero-order valence-electron chi connectivity index (χ0n) is 15.4. The Morgan fingerprint density at radius 1 is 1.41 bits per heavy atom. The molecule has 1 fully saturated rings. The van der Waals surface area contributed by atoms with Gasteiger partial charge in [0.2, 0.25) is 5.91 Å². The van der Waals surface area contributed by atoms with Crippen LogP contribution < -0.4 is 15.0 Å². The fourth-order valence-electron chi connectivity index (χ4n) is 2.92. The van der Waals surface area contributed by atoms with Gasteiger partial charge in [0, 0.05) is 32.7 Å². The quantitative estimate of drug-likeness (QED) is 0.871. The first-order valence-electron chi connectivity index (χ1n) is 8.49. The molecule has 3 rings (SSSR count). The molecule has 1 N–H and O–H groups in total. The van der Waals surface area contributed by atoms with Gasteiger partial charge in [0.1, 0.15) is 5.56 Å². The van der Waals surface area contributed by atoms with E-state index in [0.29, 0.717) is 30.9 Å². The predicted octanol–water partition coefficient (Wildman–Crippen LogP) is 1.52. The second-order valence-corrected chi connectivity index (χ2v) is 6.38. The Hall–Kier alpha value is -3.10. The number of ether oxygens (including phenoxy) is 1. The number of hydrogen-bond acceptors (Lipinski definition) is 6. The fourth-order valence-corrected chi connectivity index (χ4v) is 2.92. The Morgan fingerprint density at radius 2 is 2.19 bits per heavy atom. The lowest BCUT2D eigenvalue weighted by atomic mass is 10.1. The molecular weight excluding hydrogens is 355 g/mol. The number of carbonyl (C=O) groups excluding carboxylic acids is 2. The molecule has 1 saturated heterocycles. The Kier molecular flexibility index (Phi) is 5.29. The van der Waals surface area contributed by atoms with Crippen LogP contribution >= 0.6 is 0 Å². The van der Waals surface area contributed by atoms with Crippen molar-refractivity contribution in [1.29, 1.82) is 0 Å². The first-order valence-corrected chi connectivity index (χ1v) is 8.49. The van der Waals surface area contributed by atoms with Gasteiger partial charge in [0.05, 0.1) is 13.7 Å². The number of nitrogens with one attached hydrogen (secondary N) is 1. The minimum atomic E-state index is -0.523. The molecule has 2 amide bonds. The highest BCUT2D eigenvalue weighted by Crippen LogP contribution is 2.34. The van der Waals surface area contributed by atoms with Gasteiger partial charge in [-0.05, 0) is 24.6 Å². The van der Waals surface area contributed by atoms with E-state index < -0.39 is 5.82 Å². The summed E-state index contributed by atoms with van der Waals surface area (Å²) in [5.41, 5.74) is 0.680. The molecule has 1 aromatic carbocycles. The van der Waals surface area contributed by atoms with Crippen molar-refractivity contribution >= 4 is 17.6 Å². The van der Waals surface area contributed by atoms with Crippen molar-refractivity contribution < 1.29 is 23.2 Å². The molecular formula is C18H21FN4O4. The van der Waals surface area contributed by atoms with E-state index in [9.17, 15) is 14.0 Å². The van der Waals surface area contributed by atoms with Crippen LogP contribution in [0.25, 0.3) is 11.3 Å². The zero-order valence-corrected chi connectivity index (χ0v) is 15.4. The molecule has 144 valence electrons. The summed E-state index contributed by atoms with van der Waals surface area (Å²) in [7, 11) is 4.83. The monoisotopic (exact) mass is 376 g/mol. The van der Waals surface area contributed by atoms with E-state index in [1.165, 1.54) is 30.2 Å². The Morgan fingerprint density at radius 3 is 2.89 bits per heavy atom. The van der Waals surface area contributed by atoms with Crippen LogP contribution in [0.1, 0.15) is 16.8 Å². The average Bonchev–Trinajstić information content (AvgIpc) is 2.97. The van der Waals surface area contributed by atoms with E-state index in [0.717, 1.165) is 0 Å². The number of hydrogen-bond donors (Lipinski definition) is 1. The molecule has 0 atom stereocenters. The molecule has 0 spiro atoms. The Bertz CT molecular complexity index is 865. The third kappa shape index (κ3) is 3.71. The summed E-state index contributed by atoms with van der Waals surface area (Å²) < 4.78 is 24.2. The van der Waals surface area contributed by atoms with Gasteiger partial charge < -0.3 is 24.4 Å². The molecule has 0 saturated carbocycles. The molecule has 0 unspecified atom stereocenters. The number of amides is 2. The number of halogens is 1. The van der Waals surface area contributed by atoms with Crippen LogP contribution in [0.2, 0.25) is 0 Å². The van der Waals surface area contributed by atoms with Crippen molar-refractivity contribution in [3.8, 4) is 17.1 Å². The van der Waals surface area contributed by atoms with Gasteiger partial charge in [-0.15, -0.1) is 0 Å². The molecule has 9 heteroatoms. The normalized spacial score (nSPS) is 14.5. The molecule has 27 heavy (non-hydrogen) atoms. The third-order valence-electron chi connectivity index (χ3n) is 4.27. The molecule has 0 bridgehead atoms. The number of aromatic nitrogens is 1. The SMILES string of the molecule is COc1cc(-c2onc(N(C)C)c2C(=O)N2CCCNC(=O)C2)ccc1F. The lowest BCUT2D eigenvalue weighted by Gasteiger charge is -2.20. The van der Waals surface area contributed by atoms with Crippen molar-refractivity contribution in [2.45, 2.75) is 6.42 Å². The smallest absolute Gasteiger partial charge is 0.262 e. The maximum absolute atomic E-state index is 13.8. The van der Waals surface area contributed by atoms with Crippen LogP contribution in [0.15, 0.2) is 22.7 Å². The summed E-state index contributed by atoms with van der Waals surface area (Å²) in [5, 5.41) is 6.74. The standard InChI is InChI=1S/C18H21FN4O4/c1-22(2)17-15(18(25)23-8-4-7-20-14(24)10-23)16(27-21-17)11-5-6-12(19)13(9-11)26-3/h5-6,9H,4,7-8,10H2,1-3H3,(H,20,24). The van der Waals surface area contributed by atoms with Gasteiger partial charge in [-0.1, -0.05) is 5.16 Å². The number of rotatable bonds is 4. The van der Waals surface area contributed by atoms with E-state index in [-0.39, 0.29) is 35.4 Å². The molecule has 1 aliphatic rings. The second kappa shape index (κ2) is 7.65. The van der Waals surface area contributed by atoms with E-state index in [1.54, 1.807) is 19.0 Å². The van der Waals surface area contributed by atoms with Crippen LogP contribution in [0.3, 0.4) is 0 Å². The summed E-state index contributed by atoms with van der Waals surface area (Å²) in [6.45, 7) is 0.916. The number of anilines is 1. The molecule has 0 aliphatic carbocycles. The van der Waals surface area contributed by atoms with Gasteiger partial charge >= 0.3 is 0 Å². The van der Waals surface area contributed by atoms with E-state index in [4.69, 9.17) is 9.26 Å². The maximum atomic E-state index is 13.8. The predicted molar refractivity (Wildman–Crippen MR) is 96.3 cm³/mol. The minimum absolute atomic E-state index is 0.0304. The average molecular weight is 376 g/mol. The van der Waals surface area contributed by atoms with Crippen LogP contribution in [-0.4, -0.2) is 62.7 Å². The van der Waals surface area contributed by atoms with Gasteiger partial charge in [-0.2, -0.15) is 0 Å². The highest BCUT2D eigenvalue weighted by Gasteiger charge is 2.31. The zero-order chi connectivity index (χ0) is 19.6. The van der Waals surface area contributed by atoms with Crippen LogP contribution in [0.4, 0.5) is 10.2 Å². The first-order chi connectivity index (χ1) is 12.9. The highest BCUT2D eigenvalue weighted by atomic mass is 19.1. The molecule has 8 nitrogen and oxygen atoms in total. The highest BCUT2D eigenvalue weighted by molar-refractivity contribution is 6.05. The van der Waals surface area contributed by atoms with Crippen molar-refractivity contribution in [3.63, 3.8) is 0 Å².